The van der Waals surface area contributed by atoms with Gasteiger partial charge in [0.05, 0.1) is 5.92 Å². The minimum atomic E-state index is -0.570. The average Bonchev–Trinajstić information content (AvgIpc) is 3.81. The van der Waals surface area contributed by atoms with Crippen LogP contribution in [0.25, 0.3) is 11.1 Å². The first kappa shape index (κ1) is 30.2. The average molecular weight is 598 g/mol. The van der Waals surface area contributed by atoms with E-state index in [0.29, 0.717) is 18.0 Å². The van der Waals surface area contributed by atoms with Gasteiger partial charge in [-0.3, -0.25) is 4.79 Å². The Balaban J connectivity index is 1.19. The minimum absolute atomic E-state index is 0.0440. The monoisotopic (exact) mass is 597 g/mol. The highest BCUT2D eigenvalue weighted by molar-refractivity contribution is 5.99. The van der Waals surface area contributed by atoms with Crippen LogP contribution in [0, 0.1) is 11.8 Å². The lowest BCUT2D eigenvalue weighted by Crippen LogP contribution is -2.34. The molecular weight excluding hydrogens is 554 g/mol. The maximum Gasteiger partial charge on any atom is 0.314 e. The highest BCUT2D eigenvalue weighted by atomic mass is 16.7. The predicted molar refractivity (Wildman–Crippen MR) is 171 cm³/mol. The second-order valence-corrected chi connectivity index (χ2v) is 12.1. The summed E-state index contributed by atoms with van der Waals surface area (Å²) in [6.45, 7) is 4.10. The summed E-state index contributed by atoms with van der Waals surface area (Å²) >= 11 is 0. The standard InChI is InChI=1S/C37H43NO6/c1-2-33(29-14-19-34-35(20-29)43-24-42-34)36(27-12-17-32(18-13-27)44-37(40)28-8-9-28)26-10-15-31(16-11-26)41-23-30(39)22-38-21-25-6-4-3-5-7-25/h10-20,25,28,30,38-39H,2-9,21-24H2,1H3. The Labute approximate surface area is 260 Å². The molecule has 2 aliphatic carbocycles. The first-order chi connectivity index (χ1) is 21.6. The van der Waals surface area contributed by atoms with Crippen LogP contribution in [0.1, 0.15) is 75.0 Å². The maximum absolute atomic E-state index is 12.2. The van der Waals surface area contributed by atoms with Gasteiger partial charge in [0.2, 0.25) is 6.79 Å². The highest BCUT2D eigenvalue weighted by Gasteiger charge is 2.31. The van der Waals surface area contributed by atoms with Crippen LogP contribution in [0.5, 0.6) is 23.0 Å². The third kappa shape index (κ3) is 7.63. The van der Waals surface area contributed by atoms with Crippen molar-refractivity contribution >= 4 is 17.1 Å². The lowest BCUT2D eigenvalue weighted by molar-refractivity contribution is -0.135. The predicted octanol–water partition coefficient (Wildman–Crippen LogP) is 7.01. The molecule has 1 atom stereocenters. The Kier molecular flexibility index (Phi) is 9.83. The second-order valence-electron chi connectivity index (χ2n) is 12.1. The van der Waals surface area contributed by atoms with E-state index in [2.05, 4.69) is 30.4 Å². The van der Waals surface area contributed by atoms with Crippen molar-refractivity contribution in [2.24, 2.45) is 11.8 Å². The van der Waals surface area contributed by atoms with Crippen LogP contribution in [0.3, 0.4) is 0 Å². The number of carbonyl (C=O) groups excluding carboxylic acids is 1. The number of benzene rings is 3. The molecule has 1 aliphatic heterocycles. The van der Waals surface area contributed by atoms with Crippen molar-refractivity contribution < 1.29 is 28.8 Å². The van der Waals surface area contributed by atoms with Gasteiger partial charge in [0.25, 0.3) is 0 Å². The number of hydrogen-bond donors (Lipinski definition) is 2. The van der Waals surface area contributed by atoms with E-state index < -0.39 is 6.10 Å². The van der Waals surface area contributed by atoms with Crippen molar-refractivity contribution in [2.75, 3.05) is 26.5 Å². The Bertz CT molecular complexity index is 1440. The Morgan fingerprint density at radius 1 is 0.864 bits per heavy atom. The molecule has 3 aliphatic rings. The first-order valence-electron chi connectivity index (χ1n) is 16.1. The fourth-order valence-corrected chi connectivity index (χ4v) is 6.15. The summed E-state index contributed by atoms with van der Waals surface area (Å²) in [5.74, 6) is 3.38. The van der Waals surface area contributed by atoms with Gasteiger partial charge in [-0.15, -0.1) is 0 Å². The molecule has 0 amide bonds. The van der Waals surface area contributed by atoms with E-state index >= 15 is 0 Å². The third-order valence-corrected chi connectivity index (χ3v) is 8.77. The van der Waals surface area contributed by atoms with Gasteiger partial charge in [-0.1, -0.05) is 56.5 Å². The molecular formula is C37H43NO6. The molecule has 3 aromatic carbocycles. The quantitative estimate of drug-likeness (QED) is 0.125. The molecule has 0 bridgehead atoms. The van der Waals surface area contributed by atoms with Gasteiger partial charge in [-0.2, -0.15) is 0 Å². The van der Waals surface area contributed by atoms with Crippen molar-refractivity contribution in [1.29, 1.82) is 0 Å². The number of ether oxygens (including phenoxy) is 4. The van der Waals surface area contributed by atoms with E-state index in [1.807, 2.05) is 48.5 Å². The number of fused-ring (bicyclic) bond motifs is 1. The van der Waals surface area contributed by atoms with E-state index in [1.54, 1.807) is 0 Å². The minimum Gasteiger partial charge on any atom is -0.491 e. The molecule has 2 fully saturated rings. The molecule has 0 radical (unpaired) electrons. The lowest BCUT2D eigenvalue weighted by atomic mass is 9.88. The number of rotatable bonds is 13. The van der Waals surface area contributed by atoms with Crippen LogP contribution in [0.4, 0.5) is 0 Å². The van der Waals surface area contributed by atoms with Gasteiger partial charge in [0.1, 0.15) is 24.2 Å². The first-order valence-corrected chi connectivity index (χ1v) is 16.1. The van der Waals surface area contributed by atoms with E-state index in [4.69, 9.17) is 18.9 Å². The van der Waals surface area contributed by atoms with Gasteiger partial charge in [-0.05, 0) is 109 Å². The molecule has 2 N–H and O–H groups in total. The Morgan fingerprint density at radius 3 is 2.20 bits per heavy atom. The summed E-state index contributed by atoms with van der Waals surface area (Å²) in [6.07, 6.45) is 8.61. The number of allylic oxidation sites excluding steroid dienone is 1. The van der Waals surface area contributed by atoms with E-state index in [0.717, 1.165) is 71.1 Å². The van der Waals surface area contributed by atoms with E-state index in [-0.39, 0.29) is 25.3 Å². The Morgan fingerprint density at radius 2 is 1.52 bits per heavy atom. The zero-order valence-corrected chi connectivity index (χ0v) is 25.6. The lowest BCUT2D eigenvalue weighted by Gasteiger charge is -2.22. The molecule has 1 unspecified atom stereocenters. The summed E-state index contributed by atoms with van der Waals surface area (Å²) in [6, 6.07) is 21.8. The SMILES string of the molecule is CCC(=C(c1ccc(OCC(O)CNCC2CCCCC2)cc1)c1ccc(OC(=O)C2CC2)cc1)c1ccc2c(c1)OCO2. The molecule has 44 heavy (non-hydrogen) atoms. The van der Waals surface area contributed by atoms with Crippen LogP contribution in [-0.2, 0) is 4.79 Å². The van der Waals surface area contributed by atoms with Gasteiger partial charge >= 0.3 is 5.97 Å². The smallest absolute Gasteiger partial charge is 0.314 e. The van der Waals surface area contributed by atoms with Crippen LogP contribution in [-0.4, -0.2) is 43.7 Å². The van der Waals surface area contributed by atoms with Crippen LogP contribution in [0.2, 0.25) is 0 Å². The zero-order valence-electron chi connectivity index (χ0n) is 25.6. The second kappa shape index (κ2) is 14.3. The summed E-state index contributed by atoms with van der Waals surface area (Å²) in [7, 11) is 0. The number of carbonyl (C=O) groups is 1. The zero-order chi connectivity index (χ0) is 30.3. The van der Waals surface area contributed by atoms with Crippen molar-refractivity contribution in [3.63, 3.8) is 0 Å². The number of esters is 1. The molecule has 1 heterocycles. The van der Waals surface area contributed by atoms with Gasteiger partial charge in [0.15, 0.2) is 11.5 Å². The van der Waals surface area contributed by atoms with Crippen molar-refractivity contribution in [3.05, 3.63) is 83.4 Å². The van der Waals surface area contributed by atoms with Gasteiger partial charge < -0.3 is 29.4 Å². The molecule has 3 aromatic rings. The Hall–Kier alpha value is -3.81. The summed E-state index contributed by atoms with van der Waals surface area (Å²) in [5, 5.41) is 13.9. The number of aliphatic hydroxyl groups excluding tert-OH is 1. The van der Waals surface area contributed by atoms with Crippen molar-refractivity contribution in [2.45, 2.75) is 64.4 Å². The van der Waals surface area contributed by atoms with E-state index in [9.17, 15) is 9.90 Å². The van der Waals surface area contributed by atoms with Crippen LogP contribution in [0.15, 0.2) is 66.7 Å². The fraction of sp³-hybridized carbons (Fsp3) is 0.432. The van der Waals surface area contributed by atoms with Crippen LogP contribution < -0.4 is 24.3 Å². The molecule has 7 heteroatoms. The number of hydrogen-bond acceptors (Lipinski definition) is 7. The largest absolute Gasteiger partial charge is 0.491 e. The van der Waals surface area contributed by atoms with Crippen molar-refractivity contribution in [3.8, 4) is 23.0 Å². The molecule has 0 saturated heterocycles. The topological polar surface area (TPSA) is 86.2 Å². The van der Waals surface area contributed by atoms with Crippen molar-refractivity contribution in [1.82, 2.24) is 5.32 Å². The summed E-state index contributed by atoms with van der Waals surface area (Å²) in [5.41, 5.74) is 5.33. The summed E-state index contributed by atoms with van der Waals surface area (Å²) < 4.78 is 22.8. The molecule has 6 rings (SSSR count). The van der Waals surface area contributed by atoms with Crippen LogP contribution >= 0.6 is 0 Å². The molecule has 2 saturated carbocycles. The number of aliphatic hydroxyl groups is 1. The number of nitrogens with one attached hydrogen (secondary N) is 1. The fourth-order valence-electron chi connectivity index (χ4n) is 6.15. The molecule has 0 aromatic heterocycles. The summed E-state index contributed by atoms with van der Waals surface area (Å²) in [4.78, 5) is 12.2. The van der Waals surface area contributed by atoms with Gasteiger partial charge in [-0.25, -0.2) is 0 Å². The highest BCUT2D eigenvalue weighted by Crippen LogP contribution is 2.40. The third-order valence-electron chi connectivity index (χ3n) is 8.77. The maximum atomic E-state index is 12.2. The van der Waals surface area contributed by atoms with Gasteiger partial charge in [0, 0.05) is 6.54 Å². The molecule has 7 nitrogen and oxygen atoms in total. The molecule has 232 valence electrons. The van der Waals surface area contributed by atoms with E-state index in [1.165, 1.54) is 32.1 Å². The normalized spacial score (nSPS) is 17.6. The molecule has 0 spiro atoms.